The minimum atomic E-state index is -0.169. The molecule has 0 saturated carbocycles. The second-order valence-electron chi connectivity index (χ2n) is 8.56. The highest BCUT2D eigenvalue weighted by Crippen LogP contribution is 2.46. The molecule has 33 heavy (non-hydrogen) atoms. The predicted molar refractivity (Wildman–Crippen MR) is 136 cm³/mol. The highest BCUT2D eigenvalue weighted by Gasteiger charge is 2.46. The predicted octanol–water partition coefficient (Wildman–Crippen LogP) is 6.41. The number of carbonyl (C=O) groups is 1. The van der Waals surface area contributed by atoms with E-state index in [2.05, 4.69) is 45.1 Å². The molecule has 2 aliphatic rings. The Hall–Kier alpha value is -2.73. The Labute approximate surface area is 205 Å². The van der Waals surface area contributed by atoms with Crippen LogP contribution in [0.1, 0.15) is 33.3 Å². The summed E-state index contributed by atoms with van der Waals surface area (Å²) in [5, 5.41) is 1.45. The number of anilines is 1. The molecule has 0 aliphatic carbocycles. The number of fused-ring (bicyclic) bond motifs is 2. The van der Waals surface area contributed by atoms with Crippen molar-refractivity contribution in [3.63, 3.8) is 0 Å². The van der Waals surface area contributed by atoms with Crippen molar-refractivity contribution in [2.75, 3.05) is 18.0 Å². The number of rotatable bonds is 4. The normalized spacial score (nSPS) is 17.6. The third kappa shape index (κ3) is 3.55. The molecule has 0 fully saturated rings. The first-order chi connectivity index (χ1) is 16.1. The molecule has 3 heterocycles. The van der Waals surface area contributed by atoms with Crippen molar-refractivity contribution < 1.29 is 4.79 Å². The topological polar surface area (TPSA) is 36.4 Å². The van der Waals surface area contributed by atoms with Gasteiger partial charge in [0, 0.05) is 51.3 Å². The third-order valence-electron chi connectivity index (χ3n) is 6.62. The van der Waals surface area contributed by atoms with Gasteiger partial charge in [-0.1, -0.05) is 57.9 Å². The molecule has 4 aromatic rings. The number of amides is 1. The van der Waals surface area contributed by atoms with E-state index in [1.807, 2.05) is 53.4 Å². The first-order valence-corrected chi connectivity index (χ1v) is 12.3. The lowest BCUT2D eigenvalue weighted by molar-refractivity contribution is 0.0955. The molecule has 1 atom stereocenters. The van der Waals surface area contributed by atoms with E-state index < -0.39 is 0 Å². The number of carbonyl (C=O) groups excluding carboxylic acids is 1. The van der Waals surface area contributed by atoms with Crippen LogP contribution in [0.5, 0.6) is 0 Å². The van der Waals surface area contributed by atoms with Crippen molar-refractivity contribution in [3.8, 4) is 0 Å². The second kappa shape index (κ2) is 8.24. The number of hydrogen-bond donors (Lipinski definition) is 0. The molecule has 2 aliphatic heterocycles. The van der Waals surface area contributed by atoms with Crippen LogP contribution < -0.4 is 4.90 Å². The molecule has 3 aromatic carbocycles. The summed E-state index contributed by atoms with van der Waals surface area (Å²) in [5.41, 5.74) is 5.82. The maximum Gasteiger partial charge on any atom is 0.261 e. The van der Waals surface area contributed by atoms with E-state index >= 15 is 0 Å². The summed E-state index contributed by atoms with van der Waals surface area (Å²) < 4.78 is 0.986. The molecular weight excluding hydrogens is 498 g/mol. The van der Waals surface area contributed by atoms with E-state index in [1.54, 1.807) is 0 Å². The Morgan fingerprint density at radius 2 is 1.82 bits per heavy atom. The summed E-state index contributed by atoms with van der Waals surface area (Å²) in [5.74, 6) is 0.0138. The van der Waals surface area contributed by atoms with Gasteiger partial charge in [-0.2, -0.15) is 0 Å². The second-order valence-corrected chi connectivity index (χ2v) is 9.91. The molecule has 6 heteroatoms. The van der Waals surface area contributed by atoms with Crippen molar-refractivity contribution in [3.05, 3.63) is 105 Å². The van der Waals surface area contributed by atoms with Crippen LogP contribution in [0.25, 0.3) is 10.9 Å². The van der Waals surface area contributed by atoms with Gasteiger partial charge in [0.2, 0.25) is 0 Å². The summed E-state index contributed by atoms with van der Waals surface area (Å²) in [4.78, 5) is 23.3. The van der Waals surface area contributed by atoms with E-state index in [-0.39, 0.29) is 12.1 Å². The van der Waals surface area contributed by atoms with Crippen LogP contribution in [0.4, 0.5) is 5.69 Å². The van der Waals surface area contributed by atoms with Crippen molar-refractivity contribution in [1.29, 1.82) is 0 Å². The van der Waals surface area contributed by atoms with Gasteiger partial charge in [0.15, 0.2) is 0 Å². The first kappa shape index (κ1) is 20.8. The van der Waals surface area contributed by atoms with Crippen molar-refractivity contribution >= 4 is 50.0 Å². The van der Waals surface area contributed by atoms with Gasteiger partial charge in [0.25, 0.3) is 5.91 Å². The molecule has 0 radical (unpaired) electrons. The van der Waals surface area contributed by atoms with Gasteiger partial charge in [0.05, 0.1) is 11.1 Å². The van der Waals surface area contributed by atoms with Crippen LogP contribution in [0, 0.1) is 0 Å². The lowest BCUT2D eigenvalue weighted by Crippen LogP contribution is -2.44. The highest BCUT2D eigenvalue weighted by atomic mass is 79.9. The first-order valence-electron chi connectivity index (χ1n) is 11.1. The van der Waals surface area contributed by atoms with Crippen molar-refractivity contribution in [2.24, 2.45) is 0 Å². The van der Waals surface area contributed by atoms with Gasteiger partial charge in [-0.05, 0) is 54.4 Å². The number of nitrogens with zero attached hydrogens (tertiary/aromatic N) is 3. The molecule has 6 rings (SSSR count). The van der Waals surface area contributed by atoms with E-state index in [1.165, 1.54) is 5.56 Å². The van der Waals surface area contributed by atoms with Gasteiger partial charge in [0.1, 0.15) is 6.17 Å². The smallest absolute Gasteiger partial charge is 0.261 e. The molecule has 0 bridgehead atoms. The molecule has 4 nitrogen and oxygen atoms in total. The lowest BCUT2D eigenvalue weighted by atomic mass is 9.96. The maximum atomic E-state index is 14.0. The number of aromatic nitrogens is 1. The maximum absolute atomic E-state index is 14.0. The molecule has 0 N–H and O–H groups in total. The van der Waals surface area contributed by atoms with Gasteiger partial charge >= 0.3 is 0 Å². The van der Waals surface area contributed by atoms with Crippen LogP contribution in [-0.2, 0) is 12.8 Å². The standard InChI is InChI=1S/C27H21BrClN3O/c28-18-6-9-20(10-7-18)32-26-25-23(13-15-31(26)14-12-17-4-2-1-3-5-17)30-22-11-8-19(29)16-21(22)24(25)27(32)33/h1-11,16,26H,12-15H2. The van der Waals surface area contributed by atoms with Gasteiger partial charge in [-0.15, -0.1) is 0 Å². The minimum absolute atomic E-state index is 0.0138. The Morgan fingerprint density at radius 1 is 1.03 bits per heavy atom. The highest BCUT2D eigenvalue weighted by molar-refractivity contribution is 9.10. The van der Waals surface area contributed by atoms with Crippen molar-refractivity contribution in [1.82, 2.24) is 9.88 Å². The fourth-order valence-electron chi connectivity index (χ4n) is 5.09. The summed E-state index contributed by atoms with van der Waals surface area (Å²) in [6, 6.07) is 24.1. The van der Waals surface area contributed by atoms with Gasteiger partial charge in [-0.25, -0.2) is 0 Å². The third-order valence-corrected chi connectivity index (χ3v) is 7.38. The SMILES string of the molecule is O=C1c2c3c(nc4ccc(Cl)cc24)CCN(CCc2ccccc2)C3N1c1ccc(Br)cc1. The quantitative estimate of drug-likeness (QED) is 0.313. The largest absolute Gasteiger partial charge is 0.288 e. The van der Waals surface area contributed by atoms with E-state index in [0.29, 0.717) is 5.02 Å². The Kier molecular flexibility index (Phi) is 5.21. The Bertz CT molecular complexity index is 1370. The van der Waals surface area contributed by atoms with Crippen LogP contribution in [0.2, 0.25) is 5.02 Å². The fraction of sp³-hybridized carbons (Fsp3) is 0.185. The van der Waals surface area contributed by atoms with Gasteiger partial charge < -0.3 is 0 Å². The van der Waals surface area contributed by atoms with E-state index in [9.17, 15) is 4.79 Å². The fourth-order valence-corrected chi connectivity index (χ4v) is 5.53. The van der Waals surface area contributed by atoms with Crippen LogP contribution in [-0.4, -0.2) is 28.9 Å². The Morgan fingerprint density at radius 3 is 2.61 bits per heavy atom. The minimum Gasteiger partial charge on any atom is -0.288 e. The van der Waals surface area contributed by atoms with Crippen LogP contribution >= 0.6 is 27.5 Å². The average Bonchev–Trinajstić information content (AvgIpc) is 3.14. The summed E-state index contributed by atoms with van der Waals surface area (Å²) in [7, 11) is 0. The van der Waals surface area contributed by atoms with E-state index in [0.717, 1.165) is 63.8 Å². The molecule has 0 spiro atoms. The number of hydrogen-bond acceptors (Lipinski definition) is 3. The molecule has 1 amide bonds. The molecule has 1 aromatic heterocycles. The molecule has 1 unspecified atom stereocenters. The monoisotopic (exact) mass is 517 g/mol. The van der Waals surface area contributed by atoms with Crippen LogP contribution in [0.3, 0.4) is 0 Å². The number of benzene rings is 3. The summed E-state index contributed by atoms with van der Waals surface area (Å²) >= 11 is 9.86. The summed E-state index contributed by atoms with van der Waals surface area (Å²) in [6.45, 7) is 1.72. The average molecular weight is 519 g/mol. The zero-order valence-corrected chi connectivity index (χ0v) is 20.2. The van der Waals surface area contributed by atoms with Crippen molar-refractivity contribution in [2.45, 2.75) is 19.0 Å². The van der Waals surface area contributed by atoms with Gasteiger partial charge in [-0.3, -0.25) is 19.6 Å². The zero-order valence-electron chi connectivity index (χ0n) is 17.8. The Balaban J connectivity index is 1.49. The molecular formula is C27H21BrClN3O. The zero-order chi connectivity index (χ0) is 22.5. The van der Waals surface area contributed by atoms with E-state index in [4.69, 9.17) is 16.6 Å². The summed E-state index contributed by atoms with van der Waals surface area (Å²) in [6.07, 6.45) is 1.59. The number of halogens is 2. The van der Waals surface area contributed by atoms with Crippen LogP contribution in [0.15, 0.2) is 77.3 Å². The molecule has 164 valence electrons. The molecule has 0 saturated heterocycles. The number of pyridine rings is 1. The lowest BCUT2D eigenvalue weighted by Gasteiger charge is -2.39.